The van der Waals surface area contributed by atoms with Crippen LogP contribution < -0.4 is 4.72 Å². The van der Waals surface area contributed by atoms with Gasteiger partial charge in [-0.3, -0.25) is 4.79 Å². The zero-order valence-corrected chi connectivity index (χ0v) is 23.1. The number of carboxylic acids is 1. The fourth-order valence-corrected chi connectivity index (χ4v) is 1.01. The van der Waals surface area contributed by atoms with Crippen molar-refractivity contribution in [3.05, 3.63) is 42.8 Å². The van der Waals surface area contributed by atoms with E-state index in [1.807, 2.05) is 31.2 Å². The SMILES string of the molecule is CNS(C)(=O)=O.Cc1ccc(CCC(=O)O)cc1.[CH3-].[Rf].[Y]. The molecule has 0 unspecified atom stereocenters. The molecule has 21 heavy (non-hydrogen) atoms. The van der Waals surface area contributed by atoms with Gasteiger partial charge in [0, 0.05) is 39.1 Å². The van der Waals surface area contributed by atoms with Gasteiger partial charge in [-0.15, -0.1) is 0 Å². The van der Waals surface area contributed by atoms with E-state index in [4.69, 9.17) is 5.11 Å². The van der Waals surface area contributed by atoms with Crippen LogP contribution >= 0.6 is 0 Å². The molecule has 0 aromatic heterocycles. The van der Waals surface area contributed by atoms with Gasteiger partial charge in [-0.1, -0.05) is 29.8 Å². The van der Waals surface area contributed by atoms with Crippen LogP contribution in [-0.4, -0.2) is 32.8 Å². The van der Waals surface area contributed by atoms with Crippen LogP contribution in [0.15, 0.2) is 24.3 Å². The van der Waals surface area contributed by atoms with Crippen molar-refractivity contribution in [1.82, 2.24) is 4.72 Å². The van der Waals surface area contributed by atoms with Crippen molar-refractivity contribution < 1.29 is 51.0 Å². The summed E-state index contributed by atoms with van der Waals surface area (Å²) in [5, 5.41) is 8.43. The molecular formula is C13H22NO4RfSY-. The zero-order valence-electron chi connectivity index (χ0n) is 13.1. The predicted molar refractivity (Wildman–Crippen MR) is 77.5 cm³/mol. The molecule has 1 radical (unpaired) electrons. The average molecular weight is 644 g/mol. The van der Waals surface area contributed by atoms with E-state index in [2.05, 4.69) is 4.72 Å². The summed E-state index contributed by atoms with van der Waals surface area (Å²) in [4.78, 5) is 10.2. The first kappa shape index (κ1) is 28.0. The molecule has 0 aliphatic rings. The van der Waals surface area contributed by atoms with Crippen molar-refractivity contribution in [2.45, 2.75) is 19.8 Å². The number of aliphatic carboxylic acids is 1. The quantitative estimate of drug-likeness (QED) is 0.489. The number of carbonyl (C=O) groups is 1. The number of hydrogen-bond acceptors (Lipinski definition) is 3. The van der Waals surface area contributed by atoms with Crippen LogP contribution in [0.5, 0.6) is 0 Å². The molecule has 5 nitrogen and oxygen atoms in total. The molecule has 0 amide bonds. The maximum Gasteiger partial charge on any atom is 0.303 e. The normalized spacial score (nSPS) is 8.90. The van der Waals surface area contributed by atoms with Crippen molar-refractivity contribution in [2.24, 2.45) is 0 Å². The van der Waals surface area contributed by atoms with Gasteiger partial charge >= 0.3 is 5.97 Å². The number of nitrogens with one attached hydrogen (secondary N) is 1. The second-order valence-corrected chi connectivity index (χ2v) is 5.81. The van der Waals surface area contributed by atoms with Crippen LogP contribution in [0.4, 0.5) is 0 Å². The first-order chi connectivity index (χ1) is 8.24. The molecule has 0 atom stereocenters. The molecular weight excluding hydrogens is 622 g/mol. The van der Waals surface area contributed by atoms with Crippen molar-refractivity contribution >= 4 is 16.0 Å². The third kappa shape index (κ3) is 18.7. The molecule has 115 valence electrons. The summed E-state index contributed by atoms with van der Waals surface area (Å²) in [5.41, 5.74) is 2.29. The molecule has 2 N–H and O–H groups in total. The summed E-state index contributed by atoms with van der Waals surface area (Å²) in [6.45, 7) is 2.01. The summed E-state index contributed by atoms with van der Waals surface area (Å²) in [6, 6.07) is 7.94. The Bertz CT molecular complexity index is 477. The van der Waals surface area contributed by atoms with Gasteiger partial charge in [0.2, 0.25) is 10.0 Å². The third-order valence-electron chi connectivity index (χ3n) is 2.12. The van der Waals surface area contributed by atoms with Gasteiger partial charge in [0.15, 0.2) is 0 Å². The molecule has 0 heterocycles. The van der Waals surface area contributed by atoms with Gasteiger partial charge in [-0.05, 0) is 26.0 Å². The maximum absolute atomic E-state index is 10.2. The van der Waals surface area contributed by atoms with E-state index in [0.717, 1.165) is 11.8 Å². The summed E-state index contributed by atoms with van der Waals surface area (Å²) in [5.74, 6) is -0.740. The van der Waals surface area contributed by atoms with Gasteiger partial charge in [0.1, 0.15) is 0 Å². The van der Waals surface area contributed by atoms with Gasteiger partial charge in [-0.2, -0.15) is 0 Å². The van der Waals surface area contributed by atoms with E-state index >= 15 is 0 Å². The van der Waals surface area contributed by atoms with Gasteiger partial charge in [-0.25, -0.2) is 13.1 Å². The van der Waals surface area contributed by atoms with E-state index in [-0.39, 0.29) is 46.6 Å². The van der Waals surface area contributed by atoms with Crippen LogP contribution in [-0.2, 0) is 53.9 Å². The average Bonchev–Trinajstić information content (AvgIpc) is 2.28. The van der Waals surface area contributed by atoms with Crippen molar-refractivity contribution in [3.63, 3.8) is 0 Å². The van der Waals surface area contributed by atoms with Gasteiger partial charge < -0.3 is 12.5 Å². The van der Waals surface area contributed by atoms with E-state index in [0.29, 0.717) is 6.42 Å². The minimum absolute atomic E-state index is 0. The van der Waals surface area contributed by atoms with Crippen LogP contribution in [0.3, 0.4) is 0 Å². The topological polar surface area (TPSA) is 83.5 Å². The van der Waals surface area contributed by atoms with Crippen LogP contribution in [0.2, 0.25) is 0 Å². The number of benzene rings is 1. The summed E-state index contributed by atoms with van der Waals surface area (Å²) >= 11 is 0. The number of carboxylic acid groups (broad SMARTS) is 1. The monoisotopic (exact) mass is 644 g/mol. The van der Waals surface area contributed by atoms with E-state index in [1.165, 1.54) is 12.6 Å². The minimum Gasteiger partial charge on any atom is -0.481 e. The largest absolute Gasteiger partial charge is 0.481 e. The minimum atomic E-state index is -2.91. The molecule has 0 saturated carbocycles. The fraction of sp³-hybridized carbons (Fsp3) is 0.385. The maximum atomic E-state index is 10.2. The molecule has 1 rings (SSSR count). The van der Waals surface area contributed by atoms with E-state index < -0.39 is 16.0 Å². The second-order valence-electron chi connectivity index (χ2n) is 3.86. The first-order valence-corrected chi connectivity index (χ1v) is 7.29. The Balaban J connectivity index is -0.000000142. The fourth-order valence-electron chi connectivity index (χ4n) is 1.01. The van der Waals surface area contributed by atoms with Crippen LogP contribution in [0, 0.1) is 14.4 Å². The Kier molecular flexibility index (Phi) is 18.2. The third-order valence-corrected chi connectivity index (χ3v) is 2.86. The summed E-state index contributed by atoms with van der Waals surface area (Å²) in [6.07, 6.45) is 1.94. The Morgan fingerprint density at radius 1 is 1.24 bits per heavy atom. The van der Waals surface area contributed by atoms with E-state index in [9.17, 15) is 13.2 Å². The van der Waals surface area contributed by atoms with Gasteiger partial charge in [0.25, 0.3) is 0 Å². The number of rotatable bonds is 4. The Labute approximate surface area is 147 Å². The molecule has 0 aliphatic carbocycles. The zero-order chi connectivity index (χ0) is 14.2. The molecule has 0 saturated heterocycles. The number of aryl methyl sites for hydroxylation is 2. The summed E-state index contributed by atoms with van der Waals surface area (Å²) < 4.78 is 21.9. The standard InChI is InChI=1S/C10H12O2.C2H7NO2S.CH3.Rf.Y/c1-8-2-4-9(5-3-8)6-7-10(11)12;1-3-6(2,4)5;;;/h2-5H,6-7H2,1H3,(H,11,12);3H,1-2H3;1H3;;/q;;-1;;. The molecule has 0 bridgehead atoms. The van der Waals surface area contributed by atoms with Crippen molar-refractivity contribution in [3.8, 4) is 0 Å². The predicted octanol–water partition coefficient (Wildman–Crippen LogP) is 1.63. The Morgan fingerprint density at radius 3 is 1.90 bits per heavy atom. The molecule has 0 fully saturated rings. The Morgan fingerprint density at radius 2 is 1.62 bits per heavy atom. The first-order valence-electron chi connectivity index (χ1n) is 5.40. The molecule has 0 spiro atoms. The molecule has 1 aromatic rings. The second kappa shape index (κ2) is 13.7. The van der Waals surface area contributed by atoms with Crippen molar-refractivity contribution in [2.75, 3.05) is 13.3 Å². The smallest absolute Gasteiger partial charge is 0.303 e. The molecule has 0 aliphatic heterocycles. The van der Waals surface area contributed by atoms with Crippen molar-refractivity contribution in [1.29, 1.82) is 0 Å². The van der Waals surface area contributed by atoms with E-state index in [1.54, 1.807) is 0 Å². The Hall–Kier alpha value is -1.30. The number of sulfonamides is 1. The molecule has 8 heteroatoms. The van der Waals surface area contributed by atoms with Crippen LogP contribution in [0.1, 0.15) is 17.5 Å². The van der Waals surface area contributed by atoms with Crippen LogP contribution in [0.25, 0.3) is 0 Å². The van der Waals surface area contributed by atoms with Gasteiger partial charge in [0.05, 0.1) is 6.26 Å². The molecule has 1 aromatic carbocycles. The summed E-state index contributed by atoms with van der Waals surface area (Å²) in [7, 11) is -1.54. The number of hydrogen-bond donors (Lipinski definition) is 2.